The minimum absolute atomic E-state index is 0. The van der Waals surface area contributed by atoms with Crippen LogP contribution in [-0.2, 0) is 6.42 Å². The van der Waals surface area contributed by atoms with E-state index in [2.05, 4.69) is 47.8 Å². The van der Waals surface area contributed by atoms with Gasteiger partial charge in [-0.15, -0.1) is 11.3 Å². The van der Waals surface area contributed by atoms with Gasteiger partial charge in [0.1, 0.15) is 0 Å². The van der Waals surface area contributed by atoms with Gasteiger partial charge >= 0.3 is 51.4 Å². The Labute approximate surface area is 125 Å². The van der Waals surface area contributed by atoms with Gasteiger partial charge in [0, 0.05) is 11.3 Å². The van der Waals surface area contributed by atoms with Gasteiger partial charge in [-0.3, -0.25) is 0 Å². The molecule has 0 nitrogen and oxygen atoms in total. The molecule has 0 saturated heterocycles. The molecule has 1 aromatic carbocycles. The molecule has 2 heteroatoms. The molecule has 1 aromatic heterocycles. The molecule has 0 aliphatic carbocycles. The molecule has 1 heterocycles. The molecular weight excluding hydrogens is 203 g/mol. The van der Waals surface area contributed by atoms with Crippen LogP contribution in [0.4, 0.5) is 0 Å². The molecule has 0 aliphatic heterocycles. The van der Waals surface area contributed by atoms with E-state index < -0.39 is 0 Å². The molecule has 0 N–H and O–H groups in total. The van der Waals surface area contributed by atoms with Crippen molar-refractivity contribution >= 4 is 62.7 Å². The average Bonchev–Trinajstić information content (AvgIpc) is 2.59. The van der Waals surface area contributed by atoms with E-state index in [-0.39, 0.29) is 51.4 Å². The van der Waals surface area contributed by atoms with Gasteiger partial charge in [-0.25, -0.2) is 0 Å². The fourth-order valence-electron chi connectivity index (χ4n) is 1.21. The van der Waals surface area contributed by atoms with E-state index >= 15 is 0 Å². The van der Waals surface area contributed by atoms with Gasteiger partial charge in [-0.2, -0.15) is 0 Å². The van der Waals surface area contributed by atoms with Gasteiger partial charge in [0.25, 0.3) is 0 Å². The van der Waals surface area contributed by atoms with Crippen LogP contribution in [0.2, 0.25) is 0 Å². The van der Waals surface area contributed by atoms with Gasteiger partial charge in [-0.1, -0.05) is 36.4 Å². The van der Waals surface area contributed by atoms with Gasteiger partial charge in [0.2, 0.25) is 0 Å². The van der Waals surface area contributed by atoms with E-state index in [9.17, 15) is 0 Å². The standard InChI is InChI=1S/C11H10S.K.H/c1-2-5-10(6-3-1)9-11-7-4-8-12-11;;/h1-8H,9H2;;. The maximum atomic E-state index is 2.18. The van der Waals surface area contributed by atoms with E-state index in [0.29, 0.717) is 0 Å². The summed E-state index contributed by atoms with van der Waals surface area (Å²) in [6.45, 7) is 0. The zero-order valence-electron chi connectivity index (χ0n) is 6.73. The van der Waals surface area contributed by atoms with Crippen molar-refractivity contribution in [1.29, 1.82) is 0 Å². The van der Waals surface area contributed by atoms with Gasteiger partial charge < -0.3 is 0 Å². The molecule has 0 saturated carbocycles. The molecule has 0 fully saturated rings. The van der Waals surface area contributed by atoms with Crippen LogP contribution < -0.4 is 0 Å². The fourth-order valence-corrected chi connectivity index (χ4v) is 1.95. The Bertz CT molecular complexity index is 326. The van der Waals surface area contributed by atoms with E-state index in [1.165, 1.54) is 10.4 Å². The van der Waals surface area contributed by atoms with E-state index in [0.717, 1.165) is 6.42 Å². The monoisotopic (exact) mass is 214 g/mol. The first-order valence-corrected chi connectivity index (χ1v) is 4.89. The second-order valence-electron chi connectivity index (χ2n) is 2.74. The van der Waals surface area contributed by atoms with E-state index in [1.54, 1.807) is 0 Å². The first-order valence-electron chi connectivity index (χ1n) is 4.01. The third-order valence-electron chi connectivity index (χ3n) is 1.80. The number of rotatable bonds is 2. The predicted octanol–water partition coefficient (Wildman–Crippen LogP) is 2.69. The van der Waals surface area contributed by atoms with Crippen molar-refractivity contribution in [3.05, 3.63) is 58.3 Å². The van der Waals surface area contributed by atoms with Crippen molar-refractivity contribution in [3.63, 3.8) is 0 Å². The van der Waals surface area contributed by atoms with Crippen LogP contribution in [0.15, 0.2) is 47.8 Å². The smallest absolute Gasteiger partial charge is 0.00890 e. The molecule has 2 rings (SSSR count). The van der Waals surface area contributed by atoms with Crippen molar-refractivity contribution in [1.82, 2.24) is 0 Å². The molecule has 0 spiro atoms. The molecule has 0 amide bonds. The molecule has 2 aromatic rings. The summed E-state index contributed by atoms with van der Waals surface area (Å²) in [7, 11) is 0. The van der Waals surface area contributed by atoms with Gasteiger partial charge in [-0.05, 0) is 17.0 Å². The topological polar surface area (TPSA) is 0 Å². The Balaban J connectivity index is 0.000000845. The fraction of sp³-hybridized carbons (Fsp3) is 0.0909. The predicted molar refractivity (Wildman–Crippen MR) is 60.7 cm³/mol. The molecule has 13 heavy (non-hydrogen) atoms. The molecule has 0 radical (unpaired) electrons. The molecule has 0 atom stereocenters. The third kappa shape index (κ3) is 3.66. The molecule has 0 unspecified atom stereocenters. The quantitative estimate of drug-likeness (QED) is 0.674. The summed E-state index contributed by atoms with van der Waals surface area (Å²) < 4.78 is 0. The summed E-state index contributed by atoms with van der Waals surface area (Å²) in [6.07, 6.45) is 1.07. The molecule has 62 valence electrons. The molecular formula is C11H11KS. The summed E-state index contributed by atoms with van der Waals surface area (Å²) in [6, 6.07) is 14.8. The van der Waals surface area contributed by atoms with Crippen molar-refractivity contribution in [2.75, 3.05) is 0 Å². The Kier molecular flexibility index (Phi) is 5.47. The second kappa shape index (κ2) is 6.12. The Morgan fingerprint density at radius 2 is 1.69 bits per heavy atom. The third-order valence-corrected chi connectivity index (χ3v) is 2.68. The van der Waals surface area contributed by atoms with E-state index in [1.807, 2.05) is 11.3 Å². The number of thiophene rings is 1. The summed E-state index contributed by atoms with van der Waals surface area (Å²) >= 11 is 1.82. The first-order chi connectivity index (χ1) is 5.95. The normalized spacial score (nSPS) is 9.23. The summed E-state index contributed by atoms with van der Waals surface area (Å²) in [5.74, 6) is 0. The van der Waals surface area contributed by atoms with Crippen molar-refractivity contribution < 1.29 is 0 Å². The summed E-state index contributed by atoms with van der Waals surface area (Å²) in [4.78, 5) is 1.43. The zero-order chi connectivity index (χ0) is 8.23. The van der Waals surface area contributed by atoms with Crippen molar-refractivity contribution in [2.45, 2.75) is 6.42 Å². The Hall–Kier alpha value is 0.556. The van der Waals surface area contributed by atoms with E-state index in [4.69, 9.17) is 0 Å². The first kappa shape index (κ1) is 11.6. The second-order valence-corrected chi connectivity index (χ2v) is 3.77. The van der Waals surface area contributed by atoms with Crippen LogP contribution in [-0.4, -0.2) is 51.4 Å². The number of hydrogen-bond donors (Lipinski definition) is 0. The maximum Gasteiger partial charge on any atom is 0.00890 e. The van der Waals surface area contributed by atoms with Crippen LogP contribution >= 0.6 is 11.3 Å². The Morgan fingerprint density at radius 3 is 2.31 bits per heavy atom. The van der Waals surface area contributed by atoms with Crippen molar-refractivity contribution in [2.24, 2.45) is 0 Å². The number of hydrogen-bond acceptors (Lipinski definition) is 1. The largest absolute Gasteiger partial charge is 0.149 e. The van der Waals surface area contributed by atoms with Crippen molar-refractivity contribution in [3.8, 4) is 0 Å². The van der Waals surface area contributed by atoms with Gasteiger partial charge in [0.05, 0.1) is 0 Å². The average molecular weight is 214 g/mol. The summed E-state index contributed by atoms with van der Waals surface area (Å²) in [5.41, 5.74) is 1.39. The minimum Gasteiger partial charge on any atom is -0.149 e. The zero-order valence-corrected chi connectivity index (χ0v) is 7.55. The van der Waals surface area contributed by atoms with Crippen LogP contribution in [0.1, 0.15) is 10.4 Å². The molecule has 0 aliphatic rings. The van der Waals surface area contributed by atoms with Gasteiger partial charge in [0.15, 0.2) is 0 Å². The van der Waals surface area contributed by atoms with Crippen LogP contribution in [0.3, 0.4) is 0 Å². The maximum absolute atomic E-state index is 2.18. The van der Waals surface area contributed by atoms with Crippen LogP contribution in [0.25, 0.3) is 0 Å². The minimum atomic E-state index is 0. The van der Waals surface area contributed by atoms with Crippen LogP contribution in [0.5, 0.6) is 0 Å². The number of benzene rings is 1. The van der Waals surface area contributed by atoms with Crippen LogP contribution in [0, 0.1) is 0 Å². The SMILES string of the molecule is [KH].c1ccc(Cc2cccs2)cc1. The summed E-state index contributed by atoms with van der Waals surface area (Å²) in [5, 5.41) is 2.12. The molecule has 0 bridgehead atoms. The Morgan fingerprint density at radius 1 is 0.923 bits per heavy atom.